The van der Waals surface area contributed by atoms with Crippen molar-refractivity contribution in [3.05, 3.63) is 35.4 Å². The Morgan fingerprint density at radius 2 is 1.96 bits per heavy atom. The van der Waals surface area contributed by atoms with Gasteiger partial charge in [0.2, 0.25) is 5.91 Å². The molecule has 3 aliphatic rings. The second-order valence-corrected chi connectivity index (χ2v) is 8.38. The number of piperidine rings is 1. The van der Waals surface area contributed by atoms with Crippen molar-refractivity contribution in [3.63, 3.8) is 0 Å². The summed E-state index contributed by atoms with van der Waals surface area (Å²) in [4.78, 5) is 17.5. The van der Waals surface area contributed by atoms with Crippen molar-refractivity contribution in [2.75, 3.05) is 26.7 Å². The van der Waals surface area contributed by atoms with Gasteiger partial charge in [-0.1, -0.05) is 24.3 Å². The average molecular weight is 364 g/mol. The molecule has 1 spiro atoms. The summed E-state index contributed by atoms with van der Waals surface area (Å²) in [6, 6.07) is 8.70. The highest BCUT2D eigenvalue weighted by molar-refractivity contribution is 5.77. The number of carbonyl (C=O) groups is 1. The summed E-state index contributed by atoms with van der Waals surface area (Å²) in [5.74, 6) is 2.87. The number of amides is 1. The topological polar surface area (TPSA) is 48.3 Å². The van der Waals surface area contributed by atoms with Gasteiger partial charge in [-0.2, -0.15) is 10.2 Å². The molecule has 5 heteroatoms. The minimum atomic E-state index is -0.374. The number of carbonyl (C=O) groups excluding carboxylic acids is 1. The van der Waals surface area contributed by atoms with Gasteiger partial charge >= 0.3 is 0 Å². The second-order valence-electron chi connectivity index (χ2n) is 8.38. The number of fused-ring (bicyclic) bond motifs is 2. The zero-order valence-corrected chi connectivity index (χ0v) is 16.2. The van der Waals surface area contributed by atoms with Gasteiger partial charge in [0.25, 0.3) is 0 Å². The van der Waals surface area contributed by atoms with Crippen LogP contribution in [0.4, 0.5) is 0 Å². The summed E-state index contributed by atoms with van der Waals surface area (Å²) in [5.41, 5.74) is 2.50. The monoisotopic (exact) mass is 364 g/mol. The Balaban J connectivity index is 1.46. The smallest absolute Gasteiger partial charge is 0.223 e. The first-order valence-electron chi connectivity index (χ1n) is 9.98. The molecule has 1 fully saturated rings. The van der Waals surface area contributed by atoms with E-state index in [1.165, 1.54) is 11.1 Å². The fourth-order valence-corrected chi connectivity index (χ4v) is 4.67. The van der Waals surface area contributed by atoms with Gasteiger partial charge < -0.3 is 9.80 Å². The molecule has 1 aromatic carbocycles. The lowest BCUT2D eigenvalue weighted by Crippen LogP contribution is -2.52. The van der Waals surface area contributed by atoms with Gasteiger partial charge in [-0.15, -0.1) is 12.3 Å². The first kappa shape index (κ1) is 18.2. The second kappa shape index (κ2) is 7.09. The van der Waals surface area contributed by atoms with Gasteiger partial charge in [-0.05, 0) is 44.1 Å². The van der Waals surface area contributed by atoms with Crippen LogP contribution in [0.5, 0.6) is 0 Å². The summed E-state index contributed by atoms with van der Waals surface area (Å²) >= 11 is 0. The lowest BCUT2D eigenvalue weighted by atomic mass is 9.69. The summed E-state index contributed by atoms with van der Waals surface area (Å²) in [7, 11) is 2.18. The van der Waals surface area contributed by atoms with Gasteiger partial charge in [-0.25, -0.2) is 0 Å². The highest BCUT2D eigenvalue weighted by Gasteiger charge is 2.44. The lowest BCUT2D eigenvalue weighted by molar-refractivity contribution is -0.134. The van der Waals surface area contributed by atoms with Crippen LogP contribution in [0, 0.1) is 12.3 Å². The third-order valence-electron chi connectivity index (χ3n) is 6.53. The summed E-state index contributed by atoms with van der Waals surface area (Å²) in [6.45, 7) is 3.73. The Labute approximate surface area is 161 Å². The molecular weight excluding hydrogens is 336 g/mol. The van der Waals surface area contributed by atoms with Crippen LogP contribution < -0.4 is 0 Å². The molecule has 1 aromatic rings. The van der Waals surface area contributed by atoms with E-state index in [0.717, 1.165) is 45.4 Å². The molecule has 1 amide bonds. The first-order chi connectivity index (χ1) is 13.1. The SMILES string of the molecule is C#CCCC1(CCC(=O)N2Cc3ccccc3C3(CCN(C)CC3)C2)N=N1. The highest BCUT2D eigenvalue weighted by Crippen LogP contribution is 2.42. The highest BCUT2D eigenvalue weighted by atomic mass is 16.2. The van der Waals surface area contributed by atoms with Crippen LogP contribution >= 0.6 is 0 Å². The molecular formula is C22H28N4O. The van der Waals surface area contributed by atoms with E-state index < -0.39 is 0 Å². The Hall–Kier alpha value is -2.19. The number of terminal acetylenes is 1. The molecule has 0 atom stereocenters. The molecule has 4 rings (SSSR count). The zero-order chi connectivity index (χ0) is 18.9. The molecule has 0 N–H and O–H groups in total. The minimum Gasteiger partial charge on any atom is -0.337 e. The molecule has 0 radical (unpaired) electrons. The van der Waals surface area contributed by atoms with Gasteiger partial charge in [0.1, 0.15) is 0 Å². The number of hydrogen-bond donors (Lipinski definition) is 0. The summed E-state index contributed by atoms with van der Waals surface area (Å²) in [6.07, 6.45) is 10.2. The van der Waals surface area contributed by atoms with Gasteiger partial charge in [0.15, 0.2) is 5.66 Å². The first-order valence-corrected chi connectivity index (χ1v) is 9.98. The predicted octanol–water partition coefficient (Wildman–Crippen LogP) is 3.35. The Kier molecular flexibility index (Phi) is 4.77. The minimum absolute atomic E-state index is 0.104. The number of likely N-dealkylation sites (tertiary alicyclic amines) is 1. The van der Waals surface area contributed by atoms with Crippen LogP contribution in [0.15, 0.2) is 34.5 Å². The van der Waals surface area contributed by atoms with Crippen LogP contribution in [-0.4, -0.2) is 48.1 Å². The summed E-state index contributed by atoms with van der Waals surface area (Å²) in [5, 5.41) is 8.34. The van der Waals surface area contributed by atoms with Gasteiger partial charge in [-0.3, -0.25) is 4.79 Å². The molecule has 0 saturated carbocycles. The van der Waals surface area contributed by atoms with Crippen LogP contribution in [0.2, 0.25) is 0 Å². The van der Waals surface area contributed by atoms with Gasteiger partial charge in [0, 0.05) is 44.2 Å². The molecule has 3 aliphatic heterocycles. The Bertz CT molecular complexity index is 780. The normalized spacial score (nSPS) is 22.3. The van der Waals surface area contributed by atoms with Crippen LogP contribution in [0.3, 0.4) is 0 Å². The lowest BCUT2D eigenvalue weighted by Gasteiger charge is -2.48. The molecule has 3 heterocycles. The fraction of sp³-hybridized carbons (Fsp3) is 0.591. The molecule has 27 heavy (non-hydrogen) atoms. The maximum atomic E-state index is 13.0. The standard InChI is InChI=1S/C22H28N4O/c1-3-4-10-22(23-24-22)11-9-20(27)26-16-18-7-5-6-8-19(18)21(17-26)12-14-25(2)15-13-21/h1,5-8H,4,9-17H2,2H3. The molecule has 142 valence electrons. The zero-order valence-electron chi connectivity index (χ0n) is 16.2. The largest absolute Gasteiger partial charge is 0.337 e. The molecule has 1 saturated heterocycles. The molecule has 0 aromatic heterocycles. The molecule has 0 bridgehead atoms. The van der Waals surface area contributed by atoms with E-state index in [-0.39, 0.29) is 17.0 Å². The van der Waals surface area contributed by atoms with E-state index in [0.29, 0.717) is 19.3 Å². The third kappa shape index (κ3) is 3.64. The third-order valence-corrected chi connectivity index (χ3v) is 6.53. The quantitative estimate of drug-likeness (QED) is 0.752. The average Bonchev–Trinajstić information content (AvgIpc) is 3.47. The van der Waals surface area contributed by atoms with Gasteiger partial charge in [0.05, 0.1) is 0 Å². The molecule has 0 unspecified atom stereocenters. The number of rotatable bonds is 5. The van der Waals surface area contributed by atoms with Crippen molar-refractivity contribution in [2.45, 2.75) is 56.1 Å². The van der Waals surface area contributed by atoms with Crippen LogP contribution in [0.1, 0.15) is 49.7 Å². The van der Waals surface area contributed by atoms with Crippen LogP contribution in [0.25, 0.3) is 0 Å². The maximum absolute atomic E-state index is 13.0. The number of benzene rings is 1. The number of nitrogens with zero attached hydrogens (tertiary/aromatic N) is 4. The van der Waals surface area contributed by atoms with Crippen molar-refractivity contribution >= 4 is 5.91 Å². The fourth-order valence-electron chi connectivity index (χ4n) is 4.67. The van der Waals surface area contributed by atoms with Crippen molar-refractivity contribution in [1.82, 2.24) is 9.80 Å². The van der Waals surface area contributed by atoms with E-state index in [2.05, 4.69) is 57.3 Å². The number of hydrogen-bond acceptors (Lipinski definition) is 4. The van der Waals surface area contributed by atoms with E-state index in [4.69, 9.17) is 6.42 Å². The van der Waals surface area contributed by atoms with Crippen molar-refractivity contribution in [3.8, 4) is 12.3 Å². The molecule has 0 aliphatic carbocycles. The Morgan fingerprint density at radius 1 is 1.22 bits per heavy atom. The van der Waals surface area contributed by atoms with E-state index in [1.807, 2.05) is 0 Å². The van der Waals surface area contributed by atoms with E-state index in [9.17, 15) is 4.79 Å². The van der Waals surface area contributed by atoms with Crippen molar-refractivity contribution in [2.24, 2.45) is 10.2 Å². The summed E-state index contributed by atoms with van der Waals surface area (Å²) < 4.78 is 0. The van der Waals surface area contributed by atoms with E-state index >= 15 is 0 Å². The van der Waals surface area contributed by atoms with Crippen molar-refractivity contribution in [1.29, 1.82) is 0 Å². The maximum Gasteiger partial charge on any atom is 0.223 e. The predicted molar refractivity (Wildman–Crippen MR) is 105 cm³/mol. The Morgan fingerprint density at radius 3 is 2.67 bits per heavy atom. The van der Waals surface area contributed by atoms with Crippen molar-refractivity contribution < 1.29 is 4.79 Å². The van der Waals surface area contributed by atoms with Crippen LogP contribution in [-0.2, 0) is 16.8 Å². The van der Waals surface area contributed by atoms with E-state index in [1.54, 1.807) is 0 Å². The molecule has 5 nitrogen and oxygen atoms in total.